The molecule has 1 fully saturated rings. The van der Waals surface area contributed by atoms with Gasteiger partial charge in [-0.3, -0.25) is 10.1 Å². The summed E-state index contributed by atoms with van der Waals surface area (Å²) in [7, 11) is 0. The summed E-state index contributed by atoms with van der Waals surface area (Å²) in [6.07, 6.45) is 2.44. The highest BCUT2D eigenvalue weighted by Crippen LogP contribution is 2.33. The fourth-order valence-electron chi connectivity index (χ4n) is 1.95. The van der Waals surface area contributed by atoms with E-state index in [0.29, 0.717) is 5.92 Å². The summed E-state index contributed by atoms with van der Waals surface area (Å²) in [6.45, 7) is 2.07. The zero-order chi connectivity index (χ0) is 11.5. The van der Waals surface area contributed by atoms with E-state index in [4.69, 9.17) is 0 Å². The number of hydrogen-bond acceptors (Lipinski definition) is 2. The molecule has 0 radical (unpaired) electrons. The summed E-state index contributed by atoms with van der Waals surface area (Å²) in [4.78, 5) is 11.2. The Balaban J connectivity index is 2.08. The van der Waals surface area contributed by atoms with E-state index in [-0.39, 0.29) is 6.04 Å². The van der Waals surface area contributed by atoms with E-state index in [2.05, 4.69) is 12.2 Å². The Morgan fingerprint density at radius 2 is 2.00 bits per heavy atom. The third-order valence-corrected chi connectivity index (χ3v) is 3.14. The van der Waals surface area contributed by atoms with Crippen LogP contribution >= 0.6 is 0 Å². The summed E-state index contributed by atoms with van der Waals surface area (Å²) in [5.74, 6) is -0.149. The van der Waals surface area contributed by atoms with Gasteiger partial charge in [0.25, 0.3) is 0 Å². The van der Waals surface area contributed by atoms with Crippen molar-refractivity contribution in [3.05, 3.63) is 35.9 Å². The lowest BCUT2D eigenvalue weighted by atomic mass is 10.1. The molecule has 16 heavy (non-hydrogen) atoms. The van der Waals surface area contributed by atoms with Gasteiger partial charge in [-0.15, -0.1) is 0 Å². The zero-order valence-electron chi connectivity index (χ0n) is 9.39. The quantitative estimate of drug-likeness (QED) is 0.798. The van der Waals surface area contributed by atoms with Gasteiger partial charge in [-0.05, 0) is 31.2 Å². The van der Waals surface area contributed by atoms with Gasteiger partial charge in [0.1, 0.15) is 6.04 Å². The van der Waals surface area contributed by atoms with Crippen molar-refractivity contribution < 1.29 is 9.90 Å². The predicted molar refractivity (Wildman–Crippen MR) is 62.1 cm³/mol. The van der Waals surface area contributed by atoms with E-state index in [1.807, 2.05) is 30.3 Å². The minimum Gasteiger partial charge on any atom is -0.480 e. The van der Waals surface area contributed by atoms with Crippen LogP contribution in [0.1, 0.15) is 31.4 Å². The van der Waals surface area contributed by atoms with Crippen LogP contribution in [0.5, 0.6) is 0 Å². The number of carboxylic acid groups (broad SMARTS) is 1. The Labute approximate surface area is 95.5 Å². The van der Waals surface area contributed by atoms with Crippen molar-refractivity contribution in [2.45, 2.75) is 31.8 Å². The highest BCUT2D eigenvalue weighted by atomic mass is 16.4. The number of nitrogens with one attached hydrogen (secondary N) is 1. The lowest BCUT2D eigenvalue weighted by Gasteiger charge is -2.20. The SMILES string of the molecule is CC(NC(C(=O)O)c1ccccc1)C1CC1. The Morgan fingerprint density at radius 1 is 1.38 bits per heavy atom. The molecule has 2 atom stereocenters. The summed E-state index contributed by atoms with van der Waals surface area (Å²) < 4.78 is 0. The highest BCUT2D eigenvalue weighted by Gasteiger charge is 2.31. The normalized spacial score (nSPS) is 19.1. The number of carboxylic acids is 1. The van der Waals surface area contributed by atoms with E-state index >= 15 is 0 Å². The van der Waals surface area contributed by atoms with Gasteiger partial charge in [-0.2, -0.15) is 0 Å². The van der Waals surface area contributed by atoms with Crippen molar-refractivity contribution in [2.75, 3.05) is 0 Å². The maximum absolute atomic E-state index is 11.2. The van der Waals surface area contributed by atoms with Crippen LogP contribution in [0.4, 0.5) is 0 Å². The van der Waals surface area contributed by atoms with Crippen molar-refractivity contribution in [1.82, 2.24) is 5.32 Å². The van der Waals surface area contributed by atoms with Gasteiger partial charge in [0.15, 0.2) is 0 Å². The summed E-state index contributed by atoms with van der Waals surface area (Å²) >= 11 is 0. The maximum Gasteiger partial charge on any atom is 0.325 e. The van der Waals surface area contributed by atoms with Crippen LogP contribution in [0.15, 0.2) is 30.3 Å². The Hall–Kier alpha value is -1.35. The monoisotopic (exact) mass is 219 g/mol. The Bertz CT molecular complexity index is 359. The van der Waals surface area contributed by atoms with Crippen molar-refractivity contribution in [1.29, 1.82) is 0 Å². The molecule has 1 aromatic rings. The third-order valence-electron chi connectivity index (χ3n) is 3.14. The number of rotatable bonds is 5. The molecule has 0 bridgehead atoms. The zero-order valence-corrected chi connectivity index (χ0v) is 9.39. The van der Waals surface area contributed by atoms with Gasteiger partial charge in [-0.25, -0.2) is 0 Å². The number of hydrogen-bond donors (Lipinski definition) is 2. The summed E-state index contributed by atoms with van der Waals surface area (Å²) in [5.41, 5.74) is 0.822. The molecular weight excluding hydrogens is 202 g/mol. The van der Waals surface area contributed by atoms with Crippen LogP contribution in [0, 0.1) is 5.92 Å². The maximum atomic E-state index is 11.2. The predicted octanol–water partition coefficient (Wildman–Crippen LogP) is 2.20. The van der Waals surface area contributed by atoms with Crippen LogP contribution in [0.25, 0.3) is 0 Å². The van der Waals surface area contributed by atoms with E-state index in [9.17, 15) is 9.90 Å². The second-order valence-electron chi connectivity index (χ2n) is 4.47. The highest BCUT2D eigenvalue weighted by molar-refractivity contribution is 5.75. The first-order chi connectivity index (χ1) is 7.68. The van der Waals surface area contributed by atoms with Crippen LogP contribution in [-0.4, -0.2) is 17.1 Å². The minimum atomic E-state index is -0.807. The molecule has 0 amide bonds. The molecule has 2 unspecified atom stereocenters. The second-order valence-corrected chi connectivity index (χ2v) is 4.47. The molecule has 0 heterocycles. The molecule has 1 aliphatic rings. The smallest absolute Gasteiger partial charge is 0.325 e. The van der Waals surface area contributed by atoms with Crippen molar-refractivity contribution in [3.8, 4) is 0 Å². The average molecular weight is 219 g/mol. The minimum absolute atomic E-state index is 0.279. The Kier molecular flexibility index (Phi) is 3.25. The van der Waals surface area contributed by atoms with E-state index in [1.54, 1.807) is 0 Å². The molecule has 0 aliphatic heterocycles. The van der Waals surface area contributed by atoms with Crippen LogP contribution in [-0.2, 0) is 4.79 Å². The van der Waals surface area contributed by atoms with Gasteiger partial charge >= 0.3 is 5.97 Å². The number of benzene rings is 1. The molecular formula is C13H17NO2. The first-order valence-electron chi connectivity index (χ1n) is 5.72. The molecule has 0 aromatic heterocycles. The van der Waals surface area contributed by atoms with Crippen LogP contribution in [0.2, 0.25) is 0 Å². The molecule has 0 saturated heterocycles. The fourth-order valence-corrected chi connectivity index (χ4v) is 1.95. The van der Waals surface area contributed by atoms with Crippen molar-refractivity contribution >= 4 is 5.97 Å². The van der Waals surface area contributed by atoms with Gasteiger partial charge in [0.2, 0.25) is 0 Å². The molecule has 2 rings (SSSR count). The van der Waals surface area contributed by atoms with Gasteiger partial charge in [0.05, 0.1) is 0 Å². The summed E-state index contributed by atoms with van der Waals surface area (Å²) in [6, 6.07) is 9.03. The Morgan fingerprint density at radius 3 is 2.50 bits per heavy atom. The van der Waals surface area contributed by atoms with E-state index in [1.165, 1.54) is 12.8 Å². The van der Waals surface area contributed by atoms with Gasteiger partial charge in [0, 0.05) is 6.04 Å². The van der Waals surface area contributed by atoms with Gasteiger partial charge < -0.3 is 5.11 Å². The average Bonchev–Trinajstić information content (AvgIpc) is 3.10. The lowest BCUT2D eigenvalue weighted by Crippen LogP contribution is -2.36. The third kappa shape index (κ3) is 2.61. The van der Waals surface area contributed by atoms with Crippen LogP contribution in [0.3, 0.4) is 0 Å². The fraction of sp³-hybridized carbons (Fsp3) is 0.462. The number of carbonyl (C=O) groups is 1. The lowest BCUT2D eigenvalue weighted by molar-refractivity contribution is -0.139. The summed E-state index contributed by atoms with van der Waals surface area (Å²) in [5, 5.41) is 12.4. The second kappa shape index (κ2) is 4.66. The van der Waals surface area contributed by atoms with Crippen molar-refractivity contribution in [3.63, 3.8) is 0 Å². The topological polar surface area (TPSA) is 49.3 Å². The van der Waals surface area contributed by atoms with E-state index < -0.39 is 12.0 Å². The standard InChI is InChI=1S/C13H17NO2/c1-9(10-7-8-10)14-12(13(15)16)11-5-3-2-4-6-11/h2-6,9-10,12,14H,7-8H2,1H3,(H,15,16). The van der Waals surface area contributed by atoms with E-state index in [0.717, 1.165) is 5.56 Å². The van der Waals surface area contributed by atoms with Crippen molar-refractivity contribution in [2.24, 2.45) is 5.92 Å². The molecule has 1 aliphatic carbocycles. The molecule has 2 N–H and O–H groups in total. The molecule has 1 aromatic carbocycles. The molecule has 1 saturated carbocycles. The first-order valence-corrected chi connectivity index (χ1v) is 5.72. The van der Waals surface area contributed by atoms with Gasteiger partial charge in [-0.1, -0.05) is 30.3 Å². The molecule has 3 heteroatoms. The van der Waals surface area contributed by atoms with Crippen LogP contribution < -0.4 is 5.32 Å². The largest absolute Gasteiger partial charge is 0.480 e. The molecule has 0 spiro atoms. The first kappa shape index (κ1) is 11.1. The number of aliphatic carboxylic acids is 1. The molecule has 3 nitrogen and oxygen atoms in total. The molecule has 86 valence electrons.